The molecule has 4 aromatic carbocycles. The number of hydrogen-bond acceptors (Lipinski definition) is 7. The molecule has 0 aliphatic carbocycles. The SMILES string of the molecule is COc1ccc(CC(=O)N[C@@H](Cc2cccc3ccccc23)C(=O)NCCCC(CO)N(CC(C)C)S(=O)(=O)c2ccc(N)cc2)cc1. The molecule has 0 aliphatic heterocycles. The molecule has 2 amide bonds. The molecule has 0 aromatic heterocycles. The van der Waals surface area contributed by atoms with Crippen LogP contribution in [0.3, 0.4) is 0 Å². The van der Waals surface area contributed by atoms with Gasteiger partial charge in [-0.2, -0.15) is 4.31 Å². The molecule has 0 heterocycles. The van der Waals surface area contributed by atoms with Crippen LogP contribution in [0.5, 0.6) is 5.75 Å². The van der Waals surface area contributed by atoms with Crippen LogP contribution in [0.4, 0.5) is 5.69 Å². The molecule has 0 saturated heterocycles. The van der Waals surface area contributed by atoms with Gasteiger partial charge in [0.1, 0.15) is 11.8 Å². The van der Waals surface area contributed by atoms with E-state index in [2.05, 4.69) is 10.6 Å². The molecule has 0 spiro atoms. The van der Waals surface area contributed by atoms with Gasteiger partial charge < -0.3 is 26.2 Å². The van der Waals surface area contributed by atoms with E-state index in [1.807, 2.05) is 68.4 Å². The number of benzene rings is 4. The fraction of sp³-hybridized carbons (Fsp3) is 0.351. The maximum atomic E-state index is 13.6. The minimum Gasteiger partial charge on any atom is -0.497 e. The first-order valence-electron chi connectivity index (χ1n) is 16.2. The Balaban J connectivity index is 1.45. The molecule has 0 saturated carbocycles. The highest BCUT2D eigenvalue weighted by Crippen LogP contribution is 2.24. The molecule has 0 fully saturated rings. The topological polar surface area (TPSA) is 151 Å². The molecule has 0 bridgehead atoms. The van der Waals surface area contributed by atoms with Gasteiger partial charge in [-0.05, 0) is 77.1 Å². The zero-order valence-corrected chi connectivity index (χ0v) is 28.6. The monoisotopic (exact) mass is 674 g/mol. The van der Waals surface area contributed by atoms with Gasteiger partial charge in [0.05, 0.1) is 25.0 Å². The number of methoxy groups -OCH3 is 1. The number of nitrogen functional groups attached to an aromatic ring is 1. The average Bonchev–Trinajstić information content (AvgIpc) is 3.07. The van der Waals surface area contributed by atoms with Crippen molar-refractivity contribution in [2.24, 2.45) is 5.92 Å². The second-order valence-corrected chi connectivity index (χ2v) is 14.2. The summed E-state index contributed by atoms with van der Waals surface area (Å²) in [6.07, 6.45) is 1.09. The van der Waals surface area contributed by atoms with E-state index < -0.39 is 22.1 Å². The largest absolute Gasteiger partial charge is 0.497 e. The Morgan fingerprint density at radius 3 is 2.29 bits per heavy atom. The Kier molecular flexibility index (Phi) is 13.0. The quantitative estimate of drug-likeness (QED) is 0.0963. The zero-order valence-electron chi connectivity index (χ0n) is 27.8. The number of amides is 2. The first-order chi connectivity index (χ1) is 23.0. The summed E-state index contributed by atoms with van der Waals surface area (Å²) >= 11 is 0. The number of carbonyl (C=O) groups is 2. The molecule has 48 heavy (non-hydrogen) atoms. The lowest BCUT2D eigenvalue weighted by molar-refractivity contribution is -0.128. The van der Waals surface area contributed by atoms with Gasteiger partial charge in [-0.3, -0.25) is 9.59 Å². The molecule has 256 valence electrons. The minimum absolute atomic E-state index is 0.0126. The van der Waals surface area contributed by atoms with Crippen LogP contribution in [0.25, 0.3) is 10.8 Å². The Morgan fingerprint density at radius 2 is 1.62 bits per heavy atom. The summed E-state index contributed by atoms with van der Waals surface area (Å²) in [6.45, 7) is 3.91. The zero-order chi connectivity index (χ0) is 34.7. The first kappa shape index (κ1) is 36.4. The van der Waals surface area contributed by atoms with E-state index in [-0.39, 0.29) is 55.2 Å². The summed E-state index contributed by atoms with van der Waals surface area (Å²) in [4.78, 5) is 26.9. The Bertz CT molecular complexity index is 1760. The number of carbonyl (C=O) groups excluding carboxylic acids is 2. The number of nitrogens with zero attached hydrogens (tertiary/aromatic N) is 1. The van der Waals surface area contributed by atoms with E-state index in [1.165, 1.54) is 28.6 Å². The Hall–Kier alpha value is -4.45. The number of anilines is 1. The molecule has 1 unspecified atom stereocenters. The standard InChI is InChI=1S/C37H46N4O6S/c1-26(2)24-41(48(45,46)33-19-15-30(38)16-20-33)31(25-42)11-7-21-39-37(44)35(23-29-10-6-9-28-8-4-5-12-34(28)29)40-36(43)22-27-13-17-32(47-3)18-14-27/h4-6,8-10,12-20,26,31,35,42H,7,11,21-25,38H2,1-3H3,(H,39,44)(H,40,43)/t31?,35-/m0/s1. The molecular formula is C37H46N4O6S. The number of sulfonamides is 1. The van der Waals surface area contributed by atoms with Crippen LogP contribution in [0.1, 0.15) is 37.8 Å². The first-order valence-corrected chi connectivity index (χ1v) is 17.6. The van der Waals surface area contributed by atoms with E-state index in [4.69, 9.17) is 10.5 Å². The number of ether oxygens (including phenoxy) is 1. The van der Waals surface area contributed by atoms with Gasteiger partial charge >= 0.3 is 0 Å². The van der Waals surface area contributed by atoms with Crippen LogP contribution < -0.4 is 21.1 Å². The predicted molar refractivity (Wildman–Crippen MR) is 189 cm³/mol. The van der Waals surface area contributed by atoms with Crippen molar-refractivity contribution in [3.05, 3.63) is 102 Å². The van der Waals surface area contributed by atoms with Gasteiger partial charge in [-0.25, -0.2) is 8.42 Å². The van der Waals surface area contributed by atoms with Crippen molar-refractivity contribution in [3.8, 4) is 5.75 Å². The molecule has 4 rings (SSSR count). The van der Waals surface area contributed by atoms with Crippen LogP contribution in [0.15, 0.2) is 95.9 Å². The second-order valence-electron chi connectivity index (χ2n) is 12.3. The van der Waals surface area contributed by atoms with Gasteiger partial charge in [0.25, 0.3) is 0 Å². The highest BCUT2D eigenvalue weighted by Gasteiger charge is 2.31. The highest BCUT2D eigenvalue weighted by molar-refractivity contribution is 7.89. The van der Waals surface area contributed by atoms with Gasteiger partial charge in [0.2, 0.25) is 21.8 Å². The van der Waals surface area contributed by atoms with Crippen molar-refractivity contribution in [1.82, 2.24) is 14.9 Å². The van der Waals surface area contributed by atoms with Crippen LogP contribution in [0.2, 0.25) is 0 Å². The Morgan fingerprint density at radius 1 is 0.938 bits per heavy atom. The van der Waals surface area contributed by atoms with Crippen LogP contribution in [-0.4, -0.2) is 68.5 Å². The number of aliphatic hydroxyl groups is 1. The van der Waals surface area contributed by atoms with Crippen molar-refractivity contribution >= 4 is 38.3 Å². The third kappa shape index (κ3) is 9.79. The van der Waals surface area contributed by atoms with E-state index in [0.717, 1.165) is 21.9 Å². The smallest absolute Gasteiger partial charge is 0.243 e. The molecule has 11 heteroatoms. The highest BCUT2D eigenvalue weighted by atomic mass is 32.2. The van der Waals surface area contributed by atoms with Gasteiger partial charge in [-0.1, -0.05) is 68.4 Å². The third-order valence-corrected chi connectivity index (χ3v) is 10.1. The van der Waals surface area contributed by atoms with Crippen LogP contribution in [-0.2, 0) is 32.5 Å². The van der Waals surface area contributed by atoms with E-state index in [9.17, 15) is 23.1 Å². The number of nitrogens with one attached hydrogen (secondary N) is 2. The maximum absolute atomic E-state index is 13.6. The number of aliphatic hydroxyl groups excluding tert-OH is 1. The van der Waals surface area contributed by atoms with Crippen LogP contribution >= 0.6 is 0 Å². The molecular weight excluding hydrogens is 628 g/mol. The summed E-state index contributed by atoms with van der Waals surface area (Å²) in [5, 5.41) is 18.2. The lowest BCUT2D eigenvalue weighted by atomic mass is 9.98. The molecule has 0 aliphatic rings. The second kappa shape index (κ2) is 17.1. The maximum Gasteiger partial charge on any atom is 0.243 e. The van der Waals surface area contributed by atoms with Crippen LogP contribution in [0, 0.1) is 5.92 Å². The normalized spacial score (nSPS) is 13.0. The molecule has 4 aromatic rings. The molecule has 10 nitrogen and oxygen atoms in total. The predicted octanol–water partition coefficient (Wildman–Crippen LogP) is 4.30. The van der Waals surface area contributed by atoms with Crippen molar-refractivity contribution in [3.63, 3.8) is 0 Å². The summed E-state index contributed by atoms with van der Waals surface area (Å²) in [5.41, 5.74) is 7.93. The van der Waals surface area contributed by atoms with Crippen molar-refractivity contribution in [2.75, 3.05) is 32.5 Å². The lowest BCUT2D eigenvalue weighted by Crippen LogP contribution is -2.49. The third-order valence-electron chi connectivity index (χ3n) is 8.14. The fourth-order valence-electron chi connectivity index (χ4n) is 5.65. The number of nitrogens with two attached hydrogens (primary N) is 1. The summed E-state index contributed by atoms with van der Waals surface area (Å²) < 4.78 is 33.7. The van der Waals surface area contributed by atoms with E-state index in [1.54, 1.807) is 19.2 Å². The van der Waals surface area contributed by atoms with Gasteiger partial charge in [-0.15, -0.1) is 0 Å². The van der Waals surface area contributed by atoms with Crippen molar-refractivity contribution in [1.29, 1.82) is 0 Å². The number of rotatable bonds is 17. The molecule has 0 radical (unpaired) electrons. The van der Waals surface area contributed by atoms with E-state index >= 15 is 0 Å². The summed E-state index contributed by atoms with van der Waals surface area (Å²) in [6, 6.07) is 25.4. The van der Waals surface area contributed by atoms with Crippen molar-refractivity contribution in [2.45, 2.75) is 56.5 Å². The minimum atomic E-state index is -3.91. The molecule has 2 atom stereocenters. The van der Waals surface area contributed by atoms with E-state index in [0.29, 0.717) is 24.3 Å². The lowest BCUT2D eigenvalue weighted by Gasteiger charge is -2.31. The number of fused-ring (bicyclic) bond motifs is 1. The Labute approximate surface area is 283 Å². The number of hydrogen-bond donors (Lipinski definition) is 4. The summed E-state index contributed by atoms with van der Waals surface area (Å²) in [5.74, 6) is 0.0582. The fourth-order valence-corrected chi connectivity index (χ4v) is 7.46. The van der Waals surface area contributed by atoms with Gasteiger partial charge in [0.15, 0.2) is 0 Å². The summed E-state index contributed by atoms with van der Waals surface area (Å²) in [7, 11) is -2.33. The molecule has 5 N–H and O–H groups in total. The van der Waals surface area contributed by atoms with Crippen molar-refractivity contribution < 1.29 is 27.9 Å². The average molecular weight is 675 g/mol. The van der Waals surface area contributed by atoms with Gasteiger partial charge in [0, 0.05) is 31.2 Å².